The quantitative estimate of drug-likeness (QED) is 0.533. The van der Waals surface area contributed by atoms with E-state index in [0.29, 0.717) is 16.9 Å². The van der Waals surface area contributed by atoms with Crippen LogP contribution in [-0.4, -0.2) is 27.4 Å². The molecule has 2 aromatic carbocycles. The number of para-hydroxylation sites is 1. The first-order valence-corrected chi connectivity index (χ1v) is 10.6. The molecule has 1 heterocycles. The summed E-state index contributed by atoms with van der Waals surface area (Å²) < 4.78 is 37.5. The second kappa shape index (κ2) is 9.27. The van der Waals surface area contributed by atoms with Crippen LogP contribution < -0.4 is 10.0 Å². The van der Waals surface area contributed by atoms with Crippen LogP contribution in [0.4, 0.5) is 5.69 Å². The predicted octanol–water partition coefficient (Wildman–Crippen LogP) is 2.94. The smallest absolute Gasteiger partial charge is 0.337 e. The number of hydrogen-bond donors (Lipinski definition) is 2. The highest BCUT2D eigenvalue weighted by atomic mass is 32.2. The van der Waals surface area contributed by atoms with Crippen molar-refractivity contribution < 1.29 is 27.2 Å². The van der Waals surface area contributed by atoms with Crippen LogP contribution in [0.25, 0.3) is 0 Å². The van der Waals surface area contributed by atoms with Crippen LogP contribution in [0.5, 0.6) is 0 Å². The lowest BCUT2D eigenvalue weighted by Gasteiger charge is -2.13. The highest BCUT2D eigenvalue weighted by Gasteiger charge is 2.18. The van der Waals surface area contributed by atoms with Crippen LogP contribution in [0.15, 0.2) is 71.3 Å². The van der Waals surface area contributed by atoms with Crippen molar-refractivity contribution in [1.82, 2.24) is 5.32 Å². The Balaban J connectivity index is 1.70. The van der Waals surface area contributed by atoms with Gasteiger partial charge in [0.15, 0.2) is 0 Å². The molecule has 0 radical (unpaired) electrons. The Hall–Kier alpha value is -3.59. The van der Waals surface area contributed by atoms with Crippen LogP contribution >= 0.6 is 0 Å². The van der Waals surface area contributed by atoms with Gasteiger partial charge in [-0.3, -0.25) is 9.52 Å². The fourth-order valence-corrected chi connectivity index (χ4v) is 3.94. The summed E-state index contributed by atoms with van der Waals surface area (Å²) >= 11 is 0. The van der Waals surface area contributed by atoms with E-state index in [9.17, 15) is 18.0 Å². The van der Waals surface area contributed by atoms with Crippen molar-refractivity contribution in [1.29, 1.82) is 0 Å². The Morgan fingerprint density at radius 1 is 1.00 bits per heavy atom. The molecule has 2 N–H and O–H groups in total. The molecule has 0 fully saturated rings. The minimum absolute atomic E-state index is 0.167. The monoisotopic (exact) mass is 428 g/mol. The summed E-state index contributed by atoms with van der Waals surface area (Å²) in [6.07, 6.45) is 1.50. The molecule has 3 aromatic rings. The number of sulfonamides is 1. The van der Waals surface area contributed by atoms with Crippen molar-refractivity contribution in [2.75, 3.05) is 11.8 Å². The average molecular weight is 428 g/mol. The standard InChI is InChI=1S/C21H20N2O6S/c1-28-21(25)16-10-8-15(9-11-16)14-30(26,27)23-19-7-3-2-6-18(19)20(24)22-13-17-5-4-12-29-17/h2-12,23H,13-14H2,1H3,(H,22,24). The minimum atomic E-state index is -3.81. The van der Waals surface area contributed by atoms with E-state index in [2.05, 4.69) is 14.8 Å². The first-order valence-electron chi connectivity index (χ1n) is 8.95. The fourth-order valence-electron chi connectivity index (χ4n) is 2.72. The summed E-state index contributed by atoms with van der Waals surface area (Å²) in [4.78, 5) is 24.0. The first kappa shape index (κ1) is 21.1. The molecule has 0 bridgehead atoms. The maximum absolute atomic E-state index is 12.6. The fraction of sp³-hybridized carbons (Fsp3) is 0.143. The van der Waals surface area contributed by atoms with Gasteiger partial charge in [0.25, 0.3) is 5.91 Å². The van der Waals surface area contributed by atoms with Gasteiger partial charge in [0.1, 0.15) is 5.76 Å². The number of nitrogens with one attached hydrogen (secondary N) is 2. The molecular formula is C21H20N2O6S. The van der Waals surface area contributed by atoms with Gasteiger partial charge < -0.3 is 14.5 Å². The van der Waals surface area contributed by atoms with Gasteiger partial charge in [-0.15, -0.1) is 0 Å². The Morgan fingerprint density at radius 3 is 2.40 bits per heavy atom. The molecule has 0 unspecified atom stereocenters. The molecular weight excluding hydrogens is 408 g/mol. The number of rotatable bonds is 8. The third-order valence-electron chi connectivity index (χ3n) is 4.17. The largest absolute Gasteiger partial charge is 0.467 e. The SMILES string of the molecule is COC(=O)c1ccc(CS(=O)(=O)Nc2ccccc2C(=O)NCc2ccco2)cc1. The zero-order valence-corrected chi connectivity index (χ0v) is 16.9. The van der Waals surface area contributed by atoms with Gasteiger partial charge in [-0.25, -0.2) is 13.2 Å². The molecule has 1 aromatic heterocycles. The lowest BCUT2D eigenvalue weighted by molar-refractivity contribution is 0.0600. The molecule has 0 aliphatic heterocycles. The molecule has 0 saturated carbocycles. The number of ether oxygens (including phenoxy) is 1. The number of furan rings is 1. The highest BCUT2D eigenvalue weighted by Crippen LogP contribution is 2.19. The van der Waals surface area contributed by atoms with Crippen LogP contribution in [-0.2, 0) is 27.1 Å². The molecule has 0 aliphatic carbocycles. The van der Waals surface area contributed by atoms with Gasteiger partial charge >= 0.3 is 5.97 Å². The third-order valence-corrected chi connectivity index (χ3v) is 5.42. The molecule has 0 spiro atoms. The second-order valence-corrected chi connectivity index (χ2v) is 8.08. The molecule has 1 amide bonds. The van der Waals surface area contributed by atoms with E-state index in [1.165, 1.54) is 49.8 Å². The summed E-state index contributed by atoms with van der Waals surface area (Å²) in [7, 11) is -2.53. The Kier molecular flexibility index (Phi) is 6.53. The van der Waals surface area contributed by atoms with Crippen LogP contribution in [0, 0.1) is 0 Å². The number of methoxy groups -OCH3 is 1. The van der Waals surface area contributed by atoms with Gasteiger partial charge in [0.05, 0.1) is 42.5 Å². The zero-order valence-electron chi connectivity index (χ0n) is 16.1. The number of hydrogen-bond acceptors (Lipinski definition) is 6. The Bertz CT molecular complexity index is 1120. The van der Waals surface area contributed by atoms with Crippen LogP contribution in [0.1, 0.15) is 32.0 Å². The predicted molar refractivity (Wildman–Crippen MR) is 110 cm³/mol. The number of carbonyl (C=O) groups is 2. The van der Waals surface area contributed by atoms with E-state index < -0.39 is 21.9 Å². The maximum Gasteiger partial charge on any atom is 0.337 e. The summed E-state index contributed by atoms with van der Waals surface area (Å²) in [6.45, 7) is 0.180. The van der Waals surface area contributed by atoms with E-state index in [1.54, 1.807) is 24.3 Å². The zero-order chi connectivity index (χ0) is 21.6. The summed E-state index contributed by atoms with van der Waals surface area (Å²) in [5, 5.41) is 2.69. The van der Waals surface area contributed by atoms with Gasteiger partial charge in [0, 0.05) is 0 Å². The molecule has 30 heavy (non-hydrogen) atoms. The van der Waals surface area contributed by atoms with Crippen LogP contribution in [0.3, 0.4) is 0 Å². The number of anilines is 1. The molecule has 0 atom stereocenters. The third kappa shape index (κ3) is 5.48. The van der Waals surface area contributed by atoms with Gasteiger partial charge in [-0.05, 0) is 42.0 Å². The Morgan fingerprint density at radius 2 is 1.73 bits per heavy atom. The van der Waals surface area contributed by atoms with Crippen molar-refractivity contribution in [2.45, 2.75) is 12.3 Å². The Labute approximate surface area is 173 Å². The van der Waals surface area contributed by atoms with Gasteiger partial charge in [-0.1, -0.05) is 24.3 Å². The molecule has 0 aliphatic rings. The van der Waals surface area contributed by atoms with Crippen molar-refractivity contribution in [3.63, 3.8) is 0 Å². The average Bonchev–Trinajstić information content (AvgIpc) is 3.25. The van der Waals surface area contributed by atoms with E-state index in [-0.39, 0.29) is 23.5 Å². The topological polar surface area (TPSA) is 115 Å². The molecule has 3 rings (SSSR count). The molecule has 9 heteroatoms. The number of benzene rings is 2. The summed E-state index contributed by atoms with van der Waals surface area (Å²) in [5.74, 6) is -0.683. The van der Waals surface area contributed by atoms with E-state index >= 15 is 0 Å². The number of carbonyl (C=O) groups excluding carboxylic acids is 2. The second-order valence-electron chi connectivity index (χ2n) is 6.36. The van der Waals surface area contributed by atoms with Crippen molar-refractivity contribution >= 4 is 27.6 Å². The highest BCUT2D eigenvalue weighted by molar-refractivity contribution is 7.91. The van der Waals surface area contributed by atoms with E-state index in [1.807, 2.05) is 0 Å². The molecule has 0 saturated heterocycles. The van der Waals surface area contributed by atoms with Crippen LogP contribution in [0.2, 0.25) is 0 Å². The van der Waals surface area contributed by atoms with E-state index in [4.69, 9.17) is 4.42 Å². The maximum atomic E-state index is 12.6. The lowest BCUT2D eigenvalue weighted by Crippen LogP contribution is -2.25. The van der Waals surface area contributed by atoms with Gasteiger partial charge in [0.2, 0.25) is 10.0 Å². The number of amides is 1. The van der Waals surface area contributed by atoms with Gasteiger partial charge in [-0.2, -0.15) is 0 Å². The lowest BCUT2D eigenvalue weighted by atomic mass is 10.1. The normalized spacial score (nSPS) is 11.0. The molecule has 8 nitrogen and oxygen atoms in total. The first-order chi connectivity index (χ1) is 14.4. The summed E-state index contributed by atoms with van der Waals surface area (Å²) in [6, 6.07) is 15.8. The van der Waals surface area contributed by atoms with E-state index in [0.717, 1.165) is 0 Å². The number of esters is 1. The summed E-state index contributed by atoms with van der Waals surface area (Å²) in [5.41, 5.74) is 1.16. The van der Waals surface area contributed by atoms with Crippen molar-refractivity contribution in [3.05, 3.63) is 89.4 Å². The minimum Gasteiger partial charge on any atom is -0.467 e. The molecule has 156 valence electrons. The van der Waals surface area contributed by atoms with Crippen molar-refractivity contribution in [3.8, 4) is 0 Å². The van der Waals surface area contributed by atoms with Crippen molar-refractivity contribution in [2.24, 2.45) is 0 Å².